The molecule has 1 atom stereocenters. The Morgan fingerprint density at radius 1 is 1.28 bits per heavy atom. The number of hydrogen-bond acceptors (Lipinski definition) is 4. The molecule has 152 valence electrons. The highest BCUT2D eigenvalue weighted by molar-refractivity contribution is 6.31. The molecule has 1 aliphatic rings. The Labute approximate surface area is 169 Å². The van der Waals surface area contributed by atoms with Gasteiger partial charge in [-0.3, -0.25) is 4.79 Å². The van der Waals surface area contributed by atoms with Gasteiger partial charge in [-0.25, -0.2) is 0 Å². The lowest BCUT2D eigenvalue weighted by Gasteiger charge is -2.20. The van der Waals surface area contributed by atoms with E-state index in [4.69, 9.17) is 16.0 Å². The van der Waals surface area contributed by atoms with Gasteiger partial charge in [-0.1, -0.05) is 23.2 Å². The zero-order valence-electron chi connectivity index (χ0n) is 15.4. The first-order valence-electron chi connectivity index (χ1n) is 9.00. The van der Waals surface area contributed by atoms with Crippen LogP contribution >= 0.6 is 11.6 Å². The van der Waals surface area contributed by atoms with E-state index >= 15 is 0 Å². The van der Waals surface area contributed by atoms with Crippen molar-refractivity contribution < 1.29 is 22.4 Å². The number of anilines is 1. The number of fused-ring (bicyclic) bond motifs is 1. The monoisotopic (exact) mass is 423 g/mol. The highest BCUT2D eigenvalue weighted by atomic mass is 35.5. The number of alkyl halides is 3. The smallest absolute Gasteiger partial charge is 0.417 e. The second-order valence-electron chi connectivity index (χ2n) is 7.06. The van der Waals surface area contributed by atoms with Crippen molar-refractivity contribution in [2.75, 3.05) is 18.4 Å². The molecule has 29 heavy (non-hydrogen) atoms. The third-order valence-corrected chi connectivity index (χ3v) is 5.10. The number of halogens is 4. The van der Waals surface area contributed by atoms with Crippen LogP contribution in [0.25, 0.3) is 11.1 Å². The van der Waals surface area contributed by atoms with Crippen molar-refractivity contribution in [2.24, 2.45) is 0 Å². The van der Waals surface area contributed by atoms with Crippen molar-refractivity contribution in [1.82, 2.24) is 9.88 Å². The number of nitrogens with zero attached hydrogens (tertiary/aromatic N) is 2. The highest BCUT2D eigenvalue weighted by Gasteiger charge is 2.37. The molecule has 0 aliphatic carbocycles. The molecule has 1 unspecified atom stereocenters. The van der Waals surface area contributed by atoms with Gasteiger partial charge in [-0.2, -0.15) is 18.2 Å². The molecule has 5 nitrogen and oxygen atoms in total. The normalized spacial score (nSPS) is 17.1. The lowest BCUT2D eigenvalue weighted by atomic mass is 10.0. The summed E-state index contributed by atoms with van der Waals surface area (Å²) < 4.78 is 45.5. The number of carbonyl (C=O) groups is 1. The molecule has 1 amide bonds. The lowest BCUT2D eigenvalue weighted by molar-refractivity contribution is -0.138. The minimum Gasteiger partial charge on any atom is -0.423 e. The number of aryl methyl sites for hydroxylation is 1. The largest absolute Gasteiger partial charge is 0.423 e. The molecule has 3 aromatic rings. The van der Waals surface area contributed by atoms with Gasteiger partial charge >= 0.3 is 6.18 Å². The Balaban J connectivity index is 1.49. The summed E-state index contributed by atoms with van der Waals surface area (Å²) in [6.07, 6.45) is -4.02. The first kappa shape index (κ1) is 19.6. The SMILES string of the molecule is Cc1ccc(C(F)(F)F)c(C(=O)N2CCC(Nc3nc4ccc(Cl)cc4o3)C2)c1. The number of oxazole rings is 1. The van der Waals surface area contributed by atoms with Gasteiger partial charge in [0.1, 0.15) is 5.52 Å². The summed E-state index contributed by atoms with van der Waals surface area (Å²) in [6, 6.07) is 8.78. The molecule has 0 radical (unpaired) electrons. The summed E-state index contributed by atoms with van der Waals surface area (Å²) in [7, 11) is 0. The van der Waals surface area contributed by atoms with E-state index in [-0.39, 0.29) is 24.2 Å². The van der Waals surface area contributed by atoms with E-state index in [2.05, 4.69) is 10.3 Å². The molecule has 1 aromatic heterocycles. The summed E-state index contributed by atoms with van der Waals surface area (Å²) in [6.45, 7) is 2.25. The molecule has 4 rings (SSSR count). The van der Waals surface area contributed by atoms with Crippen LogP contribution in [0, 0.1) is 6.92 Å². The summed E-state index contributed by atoms with van der Waals surface area (Å²) in [5, 5.41) is 3.63. The fourth-order valence-corrected chi connectivity index (χ4v) is 3.61. The maximum absolute atomic E-state index is 13.3. The first-order chi connectivity index (χ1) is 13.7. The average molecular weight is 424 g/mol. The molecule has 1 fully saturated rings. The van der Waals surface area contributed by atoms with Crippen LogP contribution in [-0.4, -0.2) is 34.9 Å². The van der Waals surface area contributed by atoms with Gasteiger partial charge in [0.05, 0.1) is 11.1 Å². The van der Waals surface area contributed by atoms with E-state index in [1.54, 1.807) is 25.1 Å². The second-order valence-corrected chi connectivity index (χ2v) is 7.50. The minimum absolute atomic E-state index is 0.179. The topological polar surface area (TPSA) is 58.4 Å². The number of carbonyl (C=O) groups excluding carboxylic acids is 1. The minimum atomic E-state index is -4.59. The molecule has 0 spiro atoms. The number of aromatic nitrogens is 1. The van der Waals surface area contributed by atoms with E-state index in [9.17, 15) is 18.0 Å². The first-order valence-corrected chi connectivity index (χ1v) is 9.38. The number of likely N-dealkylation sites (tertiary alicyclic amines) is 1. The molecular weight excluding hydrogens is 407 g/mol. The van der Waals surface area contributed by atoms with Gasteiger partial charge in [0, 0.05) is 30.2 Å². The van der Waals surface area contributed by atoms with E-state index < -0.39 is 17.6 Å². The van der Waals surface area contributed by atoms with Gasteiger partial charge in [0.2, 0.25) is 0 Å². The van der Waals surface area contributed by atoms with Crippen LogP contribution in [0.15, 0.2) is 40.8 Å². The van der Waals surface area contributed by atoms with Crippen molar-refractivity contribution in [1.29, 1.82) is 0 Å². The predicted molar refractivity (Wildman–Crippen MR) is 103 cm³/mol. The van der Waals surface area contributed by atoms with Crippen molar-refractivity contribution in [3.05, 3.63) is 58.1 Å². The standard InChI is InChI=1S/C20H17ClF3N3O2/c1-11-2-4-15(20(22,23)24)14(8-11)18(28)27-7-6-13(10-27)25-19-26-16-5-3-12(21)9-17(16)29-19/h2-5,8-9,13H,6-7,10H2,1H3,(H,25,26). The molecule has 9 heteroatoms. The van der Waals surface area contributed by atoms with Crippen LogP contribution in [-0.2, 0) is 6.18 Å². The molecule has 2 heterocycles. The summed E-state index contributed by atoms with van der Waals surface area (Å²) >= 11 is 5.93. The molecule has 0 bridgehead atoms. The number of rotatable bonds is 3. The fourth-order valence-electron chi connectivity index (χ4n) is 3.45. The number of nitrogens with one attached hydrogen (secondary N) is 1. The second kappa shape index (κ2) is 7.26. The summed E-state index contributed by atoms with van der Waals surface area (Å²) in [5.41, 5.74) is 0.522. The Morgan fingerprint density at radius 2 is 2.07 bits per heavy atom. The fraction of sp³-hybridized carbons (Fsp3) is 0.300. The number of amides is 1. The third kappa shape index (κ3) is 4.03. The van der Waals surface area contributed by atoms with Crippen molar-refractivity contribution in [3.8, 4) is 0 Å². The van der Waals surface area contributed by atoms with E-state index in [1.165, 1.54) is 17.0 Å². The van der Waals surface area contributed by atoms with Crippen LogP contribution in [0.2, 0.25) is 5.02 Å². The zero-order chi connectivity index (χ0) is 20.8. The molecule has 1 N–H and O–H groups in total. The van der Waals surface area contributed by atoms with Crippen molar-refractivity contribution in [2.45, 2.75) is 25.6 Å². The molecule has 2 aromatic carbocycles. The Bertz CT molecular complexity index is 1080. The van der Waals surface area contributed by atoms with Gasteiger partial charge in [0.25, 0.3) is 11.9 Å². The van der Waals surface area contributed by atoms with E-state index in [1.807, 2.05) is 0 Å². The van der Waals surface area contributed by atoms with Crippen LogP contribution in [0.4, 0.5) is 19.2 Å². The maximum atomic E-state index is 13.3. The van der Waals surface area contributed by atoms with Gasteiger partial charge in [-0.05, 0) is 37.6 Å². The van der Waals surface area contributed by atoms with Gasteiger partial charge in [0.15, 0.2) is 5.58 Å². The predicted octanol–water partition coefficient (Wildman–Crippen LogP) is 5.14. The molecule has 1 aliphatic heterocycles. The molecular formula is C20H17ClF3N3O2. The Hall–Kier alpha value is -2.74. The quantitative estimate of drug-likeness (QED) is 0.634. The third-order valence-electron chi connectivity index (χ3n) is 4.86. The van der Waals surface area contributed by atoms with Crippen LogP contribution < -0.4 is 5.32 Å². The zero-order valence-corrected chi connectivity index (χ0v) is 16.1. The van der Waals surface area contributed by atoms with Crippen molar-refractivity contribution >= 4 is 34.6 Å². The van der Waals surface area contributed by atoms with Crippen LogP contribution in [0.5, 0.6) is 0 Å². The van der Waals surface area contributed by atoms with Crippen molar-refractivity contribution in [3.63, 3.8) is 0 Å². The average Bonchev–Trinajstić information content (AvgIpc) is 3.26. The summed E-state index contributed by atoms with van der Waals surface area (Å²) in [4.78, 5) is 18.5. The number of benzene rings is 2. The Kier molecular flexibility index (Phi) is 4.90. The lowest BCUT2D eigenvalue weighted by Crippen LogP contribution is -2.33. The van der Waals surface area contributed by atoms with Crippen LogP contribution in [0.3, 0.4) is 0 Å². The Morgan fingerprint density at radius 3 is 2.83 bits per heavy atom. The molecule has 0 saturated carbocycles. The highest BCUT2D eigenvalue weighted by Crippen LogP contribution is 2.33. The van der Waals surface area contributed by atoms with Crippen LogP contribution in [0.1, 0.15) is 27.9 Å². The number of hydrogen-bond donors (Lipinski definition) is 1. The van der Waals surface area contributed by atoms with E-state index in [0.29, 0.717) is 34.7 Å². The summed E-state index contributed by atoms with van der Waals surface area (Å²) in [5.74, 6) is -0.630. The molecule has 1 saturated heterocycles. The maximum Gasteiger partial charge on any atom is 0.417 e. The van der Waals surface area contributed by atoms with E-state index in [0.717, 1.165) is 6.07 Å². The van der Waals surface area contributed by atoms with Gasteiger partial charge < -0.3 is 14.6 Å². The van der Waals surface area contributed by atoms with Gasteiger partial charge in [-0.15, -0.1) is 0 Å².